The number of hydrogen-bond acceptors (Lipinski definition) is 4. The first-order valence-corrected chi connectivity index (χ1v) is 7.96. The van der Waals surface area contributed by atoms with Gasteiger partial charge in [0.1, 0.15) is 17.3 Å². The highest BCUT2D eigenvalue weighted by Crippen LogP contribution is 2.20. The van der Waals surface area contributed by atoms with Crippen molar-refractivity contribution in [3.63, 3.8) is 0 Å². The monoisotopic (exact) mass is 308 g/mol. The third-order valence-corrected chi connectivity index (χ3v) is 4.18. The van der Waals surface area contributed by atoms with E-state index in [-0.39, 0.29) is 6.61 Å². The fraction of sp³-hybridized carbons (Fsp3) is 0.562. The topological polar surface area (TPSA) is 58.7 Å². The lowest BCUT2D eigenvalue weighted by molar-refractivity contribution is 0.129. The summed E-state index contributed by atoms with van der Waals surface area (Å²) in [7, 11) is 0. The minimum Gasteiger partial charge on any atom is -0.492 e. The van der Waals surface area contributed by atoms with E-state index in [4.69, 9.17) is 27.8 Å². The summed E-state index contributed by atoms with van der Waals surface area (Å²) in [5.74, 6) is 1.38. The molecule has 1 aromatic rings. The number of hydrogen-bond donors (Lipinski definition) is 2. The Morgan fingerprint density at radius 2 is 2.24 bits per heavy atom. The molecule has 1 aliphatic heterocycles. The molecule has 4 nitrogen and oxygen atoms in total. The van der Waals surface area contributed by atoms with Crippen LogP contribution < -0.4 is 10.5 Å². The molecule has 0 aliphatic carbocycles. The van der Waals surface area contributed by atoms with Gasteiger partial charge in [-0.25, -0.2) is 0 Å². The van der Waals surface area contributed by atoms with Gasteiger partial charge < -0.3 is 15.6 Å². The van der Waals surface area contributed by atoms with Crippen LogP contribution in [0.4, 0.5) is 0 Å². The molecule has 0 bridgehead atoms. The Labute approximate surface area is 131 Å². The molecule has 3 N–H and O–H groups in total. The molecule has 0 radical (unpaired) electrons. The Hall–Kier alpha value is -1.17. The molecule has 1 unspecified atom stereocenters. The van der Waals surface area contributed by atoms with Crippen LogP contribution in [0.25, 0.3) is 0 Å². The number of nitrogens with two attached hydrogens (primary N) is 1. The van der Waals surface area contributed by atoms with Crippen LogP contribution in [0.3, 0.4) is 0 Å². The van der Waals surface area contributed by atoms with Crippen LogP contribution in [0.2, 0.25) is 0 Å². The van der Waals surface area contributed by atoms with Gasteiger partial charge in [-0.1, -0.05) is 24.4 Å². The number of thiocarbonyl (C=S) groups is 1. The van der Waals surface area contributed by atoms with Crippen molar-refractivity contribution >= 4 is 17.2 Å². The van der Waals surface area contributed by atoms with Gasteiger partial charge in [0.15, 0.2) is 0 Å². The van der Waals surface area contributed by atoms with E-state index in [0.717, 1.165) is 37.4 Å². The van der Waals surface area contributed by atoms with Crippen molar-refractivity contribution in [3.05, 3.63) is 29.8 Å². The maximum Gasteiger partial charge on any atom is 0.129 e. The Morgan fingerprint density at radius 3 is 3.00 bits per heavy atom. The number of ether oxygens (including phenoxy) is 1. The Bertz CT molecular complexity index is 465. The highest BCUT2D eigenvalue weighted by Gasteiger charge is 2.19. The van der Waals surface area contributed by atoms with Crippen molar-refractivity contribution in [1.82, 2.24) is 4.90 Å². The van der Waals surface area contributed by atoms with Crippen LogP contribution in [0.1, 0.15) is 24.8 Å². The molecule has 0 aromatic heterocycles. The molecule has 1 saturated heterocycles. The van der Waals surface area contributed by atoms with E-state index in [9.17, 15) is 0 Å². The second-order valence-corrected chi connectivity index (χ2v) is 5.97. The summed E-state index contributed by atoms with van der Waals surface area (Å²) in [6, 6.07) is 7.62. The highest BCUT2D eigenvalue weighted by molar-refractivity contribution is 7.80. The van der Waals surface area contributed by atoms with Crippen molar-refractivity contribution < 1.29 is 9.84 Å². The lowest BCUT2D eigenvalue weighted by atomic mass is 9.95. The minimum atomic E-state index is 0.288. The van der Waals surface area contributed by atoms with E-state index in [1.165, 1.54) is 12.8 Å². The lowest BCUT2D eigenvalue weighted by Gasteiger charge is -2.32. The summed E-state index contributed by atoms with van der Waals surface area (Å²) in [5, 5.41) is 9.04. The number of benzene rings is 1. The predicted octanol–water partition coefficient (Wildman–Crippen LogP) is 1.79. The van der Waals surface area contributed by atoms with Gasteiger partial charge in [-0.05, 0) is 43.9 Å². The Morgan fingerprint density at radius 1 is 1.43 bits per heavy atom. The van der Waals surface area contributed by atoms with Gasteiger partial charge in [0.05, 0.1) is 5.56 Å². The molecule has 0 spiro atoms. The van der Waals surface area contributed by atoms with Gasteiger partial charge >= 0.3 is 0 Å². The predicted molar refractivity (Wildman–Crippen MR) is 88.7 cm³/mol. The molecule has 21 heavy (non-hydrogen) atoms. The van der Waals surface area contributed by atoms with Crippen molar-refractivity contribution in [1.29, 1.82) is 0 Å². The first-order chi connectivity index (χ1) is 10.2. The molecule has 0 saturated carbocycles. The van der Waals surface area contributed by atoms with Gasteiger partial charge in [-0.2, -0.15) is 0 Å². The first kappa shape index (κ1) is 16.2. The molecular weight excluding hydrogens is 284 g/mol. The van der Waals surface area contributed by atoms with E-state index in [0.29, 0.717) is 17.5 Å². The van der Waals surface area contributed by atoms with Crippen LogP contribution in [0.15, 0.2) is 24.3 Å². The van der Waals surface area contributed by atoms with Crippen molar-refractivity contribution in [3.8, 4) is 5.75 Å². The summed E-state index contributed by atoms with van der Waals surface area (Å²) in [6.45, 7) is 3.98. The van der Waals surface area contributed by atoms with Crippen LogP contribution in [0.5, 0.6) is 5.75 Å². The van der Waals surface area contributed by atoms with Crippen molar-refractivity contribution in [2.24, 2.45) is 11.7 Å². The van der Waals surface area contributed by atoms with Gasteiger partial charge in [0.25, 0.3) is 0 Å². The zero-order chi connectivity index (χ0) is 15.1. The Balaban J connectivity index is 1.80. The molecule has 1 aromatic carbocycles. The van der Waals surface area contributed by atoms with E-state index in [1.807, 2.05) is 24.3 Å². The quantitative estimate of drug-likeness (QED) is 0.752. The van der Waals surface area contributed by atoms with Crippen molar-refractivity contribution in [2.45, 2.75) is 19.3 Å². The second-order valence-electron chi connectivity index (χ2n) is 5.53. The standard InChI is InChI=1S/C16H24N2O2S/c17-16(21)14-5-1-2-6-15(14)20-11-9-18-8-3-4-13(12-18)7-10-19/h1-2,5-6,13,19H,3-4,7-12H2,(H2,17,21). The van der Waals surface area contributed by atoms with Crippen LogP contribution in [0, 0.1) is 5.92 Å². The zero-order valence-corrected chi connectivity index (χ0v) is 13.1. The second kappa shape index (κ2) is 8.32. The van der Waals surface area contributed by atoms with E-state index in [2.05, 4.69) is 4.90 Å². The van der Waals surface area contributed by atoms with E-state index in [1.54, 1.807) is 0 Å². The fourth-order valence-electron chi connectivity index (χ4n) is 2.85. The maximum absolute atomic E-state index is 9.04. The molecular formula is C16H24N2O2S. The Kier molecular flexibility index (Phi) is 6.42. The number of rotatable bonds is 7. The summed E-state index contributed by atoms with van der Waals surface area (Å²) in [6.07, 6.45) is 3.33. The third-order valence-electron chi connectivity index (χ3n) is 3.96. The van der Waals surface area contributed by atoms with Gasteiger partial charge in [0, 0.05) is 19.7 Å². The van der Waals surface area contributed by atoms with Crippen LogP contribution in [-0.4, -0.2) is 47.8 Å². The number of aliphatic hydroxyl groups is 1. The average molecular weight is 308 g/mol. The molecule has 1 aliphatic rings. The number of para-hydroxylation sites is 1. The first-order valence-electron chi connectivity index (χ1n) is 7.55. The zero-order valence-electron chi connectivity index (χ0n) is 12.3. The molecule has 1 fully saturated rings. The van der Waals surface area contributed by atoms with Gasteiger partial charge in [0.2, 0.25) is 0 Å². The molecule has 1 heterocycles. The number of likely N-dealkylation sites (tertiary alicyclic amines) is 1. The van der Waals surface area contributed by atoms with Gasteiger partial charge in [-0.3, -0.25) is 4.90 Å². The smallest absolute Gasteiger partial charge is 0.129 e. The molecule has 5 heteroatoms. The van der Waals surface area contributed by atoms with E-state index < -0.39 is 0 Å². The molecule has 116 valence electrons. The maximum atomic E-state index is 9.04. The fourth-order valence-corrected chi connectivity index (χ4v) is 3.02. The molecule has 0 amide bonds. The SMILES string of the molecule is NC(=S)c1ccccc1OCCN1CCCC(CCO)C1. The van der Waals surface area contributed by atoms with E-state index >= 15 is 0 Å². The van der Waals surface area contributed by atoms with Crippen LogP contribution >= 0.6 is 12.2 Å². The number of piperidine rings is 1. The van der Waals surface area contributed by atoms with Crippen molar-refractivity contribution in [2.75, 3.05) is 32.8 Å². The summed E-state index contributed by atoms with van der Waals surface area (Å²) >= 11 is 5.03. The van der Waals surface area contributed by atoms with Crippen LogP contribution in [-0.2, 0) is 0 Å². The minimum absolute atomic E-state index is 0.288. The molecule has 1 atom stereocenters. The molecule has 2 rings (SSSR count). The largest absolute Gasteiger partial charge is 0.492 e. The number of aliphatic hydroxyl groups excluding tert-OH is 1. The summed E-state index contributed by atoms with van der Waals surface area (Å²) in [5.41, 5.74) is 6.49. The number of nitrogens with zero attached hydrogens (tertiary/aromatic N) is 1. The average Bonchev–Trinajstić information content (AvgIpc) is 2.48. The van der Waals surface area contributed by atoms with Gasteiger partial charge in [-0.15, -0.1) is 0 Å². The lowest BCUT2D eigenvalue weighted by Crippen LogP contribution is -2.38. The highest BCUT2D eigenvalue weighted by atomic mass is 32.1. The summed E-state index contributed by atoms with van der Waals surface area (Å²) in [4.78, 5) is 2.78. The normalized spacial score (nSPS) is 19.4. The summed E-state index contributed by atoms with van der Waals surface area (Å²) < 4.78 is 5.84. The third kappa shape index (κ3) is 4.95.